The van der Waals surface area contributed by atoms with Crippen LogP contribution in [0.2, 0.25) is 5.02 Å². The van der Waals surface area contributed by atoms with Crippen molar-refractivity contribution in [3.63, 3.8) is 0 Å². The van der Waals surface area contributed by atoms with Gasteiger partial charge in [-0.05, 0) is 49.2 Å². The topological polar surface area (TPSA) is 58.6 Å². The molecule has 0 heterocycles. The molecule has 0 saturated carbocycles. The molecular weight excluding hydrogens is 408 g/mol. The van der Waals surface area contributed by atoms with Crippen LogP contribution in [0.1, 0.15) is 25.0 Å². The monoisotopic (exact) mass is 434 g/mol. The summed E-state index contributed by atoms with van der Waals surface area (Å²) in [6.07, 6.45) is 0. The van der Waals surface area contributed by atoms with E-state index in [2.05, 4.69) is 5.32 Å². The number of nitrogens with zero attached hydrogens (tertiary/aromatic N) is 1. The standard InChI is InChI=1S/C22H27ClN2O3S/c1-4-24-22(27)16(2)25(13-17-5-9-19(23)10-6-17)21(26)15-29-14-18-7-11-20(28-3)12-8-18/h5-12,16H,4,13-15H2,1-3H3,(H,24,27)/t16-/m0/s1. The Morgan fingerprint density at radius 1 is 1.10 bits per heavy atom. The second-order valence-electron chi connectivity index (χ2n) is 6.56. The normalized spacial score (nSPS) is 11.6. The maximum atomic E-state index is 12.9. The molecule has 1 atom stereocenters. The van der Waals surface area contributed by atoms with E-state index in [1.54, 1.807) is 31.1 Å². The van der Waals surface area contributed by atoms with E-state index in [-0.39, 0.29) is 11.8 Å². The van der Waals surface area contributed by atoms with Crippen molar-refractivity contribution in [2.75, 3.05) is 19.4 Å². The lowest BCUT2D eigenvalue weighted by Crippen LogP contribution is -2.48. The largest absolute Gasteiger partial charge is 0.497 e. The van der Waals surface area contributed by atoms with E-state index in [4.69, 9.17) is 16.3 Å². The SMILES string of the molecule is CCNC(=O)[C@H](C)N(Cc1ccc(Cl)cc1)C(=O)CSCc1ccc(OC)cc1. The van der Waals surface area contributed by atoms with Crippen LogP contribution in [0.4, 0.5) is 0 Å². The van der Waals surface area contributed by atoms with E-state index in [1.807, 2.05) is 43.3 Å². The maximum Gasteiger partial charge on any atom is 0.242 e. The van der Waals surface area contributed by atoms with Crippen molar-refractivity contribution in [3.05, 3.63) is 64.7 Å². The van der Waals surface area contributed by atoms with E-state index in [0.29, 0.717) is 29.6 Å². The number of benzene rings is 2. The molecule has 0 aliphatic carbocycles. The number of likely N-dealkylation sites (N-methyl/N-ethyl adjacent to an activating group) is 1. The number of ether oxygens (including phenoxy) is 1. The lowest BCUT2D eigenvalue weighted by atomic mass is 10.1. The number of nitrogens with one attached hydrogen (secondary N) is 1. The number of thioether (sulfide) groups is 1. The van der Waals surface area contributed by atoms with Gasteiger partial charge in [0, 0.05) is 23.9 Å². The number of methoxy groups -OCH3 is 1. The third-order valence-corrected chi connectivity index (χ3v) is 5.68. The molecule has 0 fully saturated rings. The van der Waals surface area contributed by atoms with Gasteiger partial charge in [0.2, 0.25) is 11.8 Å². The van der Waals surface area contributed by atoms with Gasteiger partial charge in [0.05, 0.1) is 12.9 Å². The van der Waals surface area contributed by atoms with Gasteiger partial charge < -0.3 is 15.0 Å². The number of amides is 2. The van der Waals surface area contributed by atoms with Crippen molar-refractivity contribution in [1.82, 2.24) is 10.2 Å². The van der Waals surface area contributed by atoms with Crippen LogP contribution in [0.5, 0.6) is 5.75 Å². The van der Waals surface area contributed by atoms with Crippen molar-refractivity contribution in [2.24, 2.45) is 0 Å². The third kappa shape index (κ3) is 7.29. The Balaban J connectivity index is 2.02. The number of hydrogen-bond acceptors (Lipinski definition) is 4. The fourth-order valence-electron chi connectivity index (χ4n) is 2.75. The van der Waals surface area contributed by atoms with Gasteiger partial charge in [-0.3, -0.25) is 9.59 Å². The van der Waals surface area contributed by atoms with Gasteiger partial charge in [0.25, 0.3) is 0 Å². The Hall–Kier alpha value is -2.18. The number of carbonyl (C=O) groups excluding carboxylic acids is 2. The minimum absolute atomic E-state index is 0.0720. The van der Waals surface area contributed by atoms with Crippen LogP contribution in [0.25, 0.3) is 0 Å². The molecule has 156 valence electrons. The van der Waals surface area contributed by atoms with Crippen LogP contribution in [0, 0.1) is 0 Å². The molecule has 2 aromatic carbocycles. The molecule has 7 heteroatoms. The summed E-state index contributed by atoms with van der Waals surface area (Å²) in [7, 11) is 1.63. The molecule has 0 unspecified atom stereocenters. The van der Waals surface area contributed by atoms with Crippen LogP contribution in [0.15, 0.2) is 48.5 Å². The van der Waals surface area contributed by atoms with Crippen LogP contribution < -0.4 is 10.1 Å². The molecule has 0 aliphatic rings. The molecule has 0 radical (unpaired) electrons. The van der Waals surface area contributed by atoms with Crippen molar-refractivity contribution in [1.29, 1.82) is 0 Å². The smallest absolute Gasteiger partial charge is 0.242 e. The molecule has 0 aromatic heterocycles. The van der Waals surface area contributed by atoms with E-state index >= 15 is 0 Å². The Labute approximate surface area is 181 Å². The first-order chi connectivity index (χ1) is 13.9. The van der Waals surface area contributed by atoms with E-state index in [9.17, 15) is 9.59 Å². The summed E-state index contributed by atoms with van der Waals surface area (Å²) in [6, 6.07) is 14.5. The van der Waals surface area contributed by atoms with Gasteiger partial charge in [-0.1, -0.05) is 35.9 Å². The lowest BCUT2D eigenvalue weighted by molar-refractivity contribution is -0.138. The molecular formula is C22H27ClN2O3S. The van der Waals surface area contributed by atoms with Gasteiger partial charge >= 0.3 is 0 Å². The second-order valence-corrected chi connectivity index (χ2v) is 7.98. The Bertz CT molecular complexity index is 797. The van der Waals surface area contributed by atoms with E-state index in [1.165, 1.54) is 11.8 Å². The predicted octanol–water partition coefficient (Wildman–Crippen LogP) is 4.14. The quantitative estimate of drug-likeness (QED) is 0.610. The Morgan fingerprint density at radius 2 is 1.72 bits per heavy atom. The first-order valence-corrected chi connectivity index (χ1v) is 11.0. The molecule has 0 aliphatic heterocycles. The van der Waals surface area contributed by atoms with Gasteiger partial charge in [-0.25, -0.2) is 0 Å². The summed E-state index contributed by atoms with van der Waals surface area (Å²) >= 11 is 7.48. The zero-order chi connectivity index (χ0) is 21.2. The predicted molar refractivity (Wildman–Crippen MR) is 119 cm³/mol. The summed E-state index contributed by atoms with van der Waals surface area (Å²) < 4.78 is 5.16. The summed E-state index contributed by atoms with van der Waals surface area (Å²) in [5.41, 5.74) is 2.05. The summed E-state index contributed by atoms with van der Waals surface area (Å²) in [4.78, 5) is 26.9. The van der Waals surface area contributed by atoms with Crippen molar-refractivity contribution in [2.45, 2.75) is 32.2 Å². The van der Waals surface area contributed by atoms with Crippen LogP contribution in [0.3, 0.4) is 0 Å². The zero-order valence-corrected chi connectivity index (χ0v) is 18.6. The van der Waals surface area contributed by atoms with E-state index < -0.39 is 6.04 Å². The van der Waals surface area contributed by atoms with Crippen molar-refractivity contribution < 1.29 is 14.3 Å². The number of carbonyl (C=O) groups is 2. The van der Waals surface area contributed by atoms with Gasteiger partial charge in [-0.2, -0.15) is 0 Å². The number of rotatable bonds is 10. The fraction of sp³-hybridized carbons (Fsp3) is 0.364. The molecule has 29 heavy (non-hydrogen) atoms. The molecule has 0 spiro atoms. The Morgan fingerprint density at radius 3 is 2.31 bits per heavy atom. The minimum atomic E-state index is -0.556. The zero-order valence-electron chi connectivity index (χ0n) is 17.0. The molecule has 0 bridgehead atoms. The highest BCUT2D eigenvalue weighted by Crippen LogP contribution is 2.19. The van der Waals surface area contributed by atoms with Crippen LogP contribution in [-0.4, -0.2) is 42.2 Å². The lowest BCUT2D eigenvalue weighted by Gasteiger charge is -2.28. The molecule has 2 amide bonds. The van der Waals surface area contributed by atoms with Crippen LogP contribution in [-0.2, 0) is 21.9 Å². The molecule has 2 aromatic rings. The summed E-state index contributed by atoms with van der Waals surface area (Å²) in [5.74, 6) is 1.58. The molecule has 0 saturated heterocycles. The van der Waals surface area contributed by atoms with Gasteiger partial charge in [0.15, 0.2) is 0 Å². The summed E-state index contributed by atoms with van der Waals surface area (Å²) in [6.45, 7) is 4.50. The minimum Gasteiger partial charge on any atom is -0.497 e. The van der Waals surface area contributed by atoms with E-state index in [0.717, 1.165) is 16.9 Å². The highest BCUT2D eigenvalue weighted by atomic mass is 35.5. The van der Waals surface area contributed by atoms with Crippen LogP contribution >= 0.6 is 23.4 Å². The first-order valence-electron chi connectivity index (χ1n) is 9.47. The molecule has 1 N–H and O–H groups in total. The van der Waals surface area contributed by atoms with Gasteiger partial charge in [0.1, 0.15) is 11.8 Å². The first kappa shape index (κ1) is 23.1. The van der Waals surface area contributed by atoms with Crippen molar-refractivity contribution in [3.8, 4) is 5.75 Å². The average Bonchev–Trinajstić information content (AvgIpc) is 2.73. The Kier molecular flexibility index (Phi) is 9.35. The van der Waals surface area contributed by atoms with Crippen molar-refractivity contribution >= 4 is 35.2 Å². The summed E-state index contributed by atoms with van der Waals surface area (Å²) in [5, 5.41) is 3.43. The highest BCUT2D eigenvalue weighted by Gasteiger charge is 2.25. The highest BCUT2D eigenvalue weighted by molar-refractivity contribution is 7.99. The third-order valence-electron chi connectivity index (χ3n) is 4.44. The number of halogens is 1. The molecule has 2 rings (SSSR count). The second kappa shape index (κ2) is 11.7. The maximum absolute atomic E-state index is 12.9. The fourth-order valence-corrected chi connectivity index (χ4v) is 3.75. The average molecular weight is 435 g/mol. The van der Waals surface area contributed by atoms with Gasteiger partial charge in [-0.15, -0.1) is 11.8 Å². The number of hydrogen-bond donors (Lipinski definition) is 1. The molecule has 5 nitrogen and oxygen atoms in total.